The van der Waals surface area contributed by atoms with E-state index in [4.69, 9.17) is 9.47 Å². The fourth-order valence-electron chi connectivity index (χ4n) is 3.14. The van der Waals surface area contributed by atoms with E-state index in [1.165, 1.54) is 5.56 Å². The average molecular weight is 396 g/mol. The van der Waals surface area contributed by atoms with Crippen molar-refractivity contribution in [3.8, 4) is 5.75 Å². The maximum atomic E-state index is 12.8. The summed E-state index contributed by atoms with van der Waals surface area (Å²) in [6.07, 6.45) is 3.06. The van der Waals surface area contributed by atoms with Crippen LogP contribution in [0.3, 0.4) is 0 Å². The number of para-hydroxylation sites is 2. The first kappa shape index (κ1) is 20.9. The van der Waals surface area contributed by atoms with Gasteiger partial charge >= 0.3 is 0 Å². The lowest BCUT2D eigenvalue weighted by molar-refractivity contribution is 0.0975. The van der Waals surface area contributed by atoms with Crippen LogP contribution in [0.15, 0.2) is 53.5 Å². The van der Waals surface area contributed by atoms with Gasteiger partial charge in [0.2, 0.25) is 5.96 Å². The minimum absolute atomic E-state index is 0.0923. The number of aryl methyl sites for hydroxylation is 1. The number of amides is 1. The highest BCUT2D eigenvalue weighted by Crippen LogP contribution is 2.23. The Morgan fingerprint density at radius 2 is 1.97 bits per heavy atom. The minimum Gasteiger partial charge on any atom is -0.492 e. The molecule has 6 heteroatoms. The van der Waals surface area contributed by atoms with Gasteiger partial charge in [0.1, 0.15) is 5.75 Å². The highest BCUT2D eigenvalue weighted by molar-refractivity contribution is 6.10. The van der Waals surface area contributed by atoms with Crippen molar-refractivity contribution in [2.24, 2.45) is 4.99 Å². The molecule has 154 valence electrons. The molecule has 2 aromatic rings. The van der Waals surface area contributed by atoms with Gasteiger partial charge in [-0.15, -0.1) is 0 Å². The second kappa shape index (κ2) is 10.6. The van der Waals surface area contributed by atoms with Crippen LogP contribution in [0, 0.1) is 0 Å². The predicted octanol–water partition coefficient (Wildman–Crippen LogP) is 4.02. The quantitative estimate of drug-likeness (QED) is 0.549. The summed E-state index contributed by atoms with van der Waals surface area (Å²) in [6, 6.07) is 15.2. The second-order valence-corrected chi connectivity index (χ2v) is 6.88. The molecule has 0 unspecified atom stereocenters. The SMILES string of the molecule is CCOc1ccccc1NC(=NC[C@@H]1CCCO1)NC(=O)c1ccc(CC)cc1. The number of nitrogens with one attached hydrogen (secondary N) is 2. The molecule has 1 aliphatic rings. The van der Waals surface area contributed by atoms with Crippen molar-refractivity contribution < 1.29 is 14.3 Å². The Hall–Kier alpha value is -2.86. The van der Waals surface area contributed by atoms with Gasteiger partial charge in [0, 0.05) is 12.2 Å². The Labute approximate surface area is 172 Å². The number of rotatable bonds is 7. The molecular weight excluding hydrogens is 366 g/mol. The second-order valence-electron chi connectivity index (χ2n) is 6.88. The molecule has 29 heavy (non-hydrogen) atoms. The molecule has 6 nitrogen and oxygen atoms in total. The molecule has 1 saturated heterocycles. The van der Waals surface area contributed by atoms with E-state index in [-0.39, 0.29) is 12.0 Å². The zero-order valence-corrected chi connectivity index (χ0v) is 17.1. The van der Waals surface area contributed by atoms with Crippen molar-refractivity contribution in [2.75, 3.05) is 25.1 Å². The Morgan fingerprint density at radius 1 is 1.17 bits per heavy atom. The first-order chi connectivity index (χ1) is 14.2. The Bertz CT molecular complexity index is 828. The molecule has 3 rings (SSSR count). The number of ether oxygens (including phenoxy) is 2. The van der Waals surface area contributed by atoms with Crippen molar-refractivity contribution in [2.45, 2.75) is 39.2 Å². The summed E-state index contributed by atoms with van der Waals surface area (Å²) in [4.78, 5) is 17.4. The Balaban J connectivity index is 1.76. The average Bonchev–Trinajstić information content (AvgIpc) is 3.27. The highest BCUT2D eigenvalue weighted by atomic mass is 16.5. The number of carbonyl (C=O) groups excluding carboxylic acids is 1. The third-order valence-electron chi connectivity index (χ3n) is 4.77. The molecule has 0 spiro atoms. The smallest absolute Gasteiger partial charge is 0.257 e. The van der Waals surface area contributed by atoms with Gasteiger partial charge in [-0.25, -0.2) is 4.99 Å². The number of nitrogens with zero attached hydrogens (tertiary/aromatic N) is 1. The molecule has 0 bridgehead atoms. The van der Waals surface area contributed by atoms with Crippen LogP contribution in [0.2, 0.25) is 0 Å². The third kappa shape index (κ3) is 6.06. The fourth-order valence-corrected chi connectivity index (χ4v) is 3.14. The summed E-state index contributed by atoms with van der Waals surface area (Å²) in [5.74, 6) is 0.888. The van der Waals surface area contributed by atoms with Crippen LogP contribution < -0.4 is 15.4 Å². The number of benzene rings is 2. The normalized spacial score (nSPS) is 16.5. The van der Waals surface area contributed by atoms with Crippen LogP contribution in [-0.4, -0.2) is 37.7 Å². The van der Waals surface area contributed by atoms with Crippen LogP contribution >= 0.6 is 0 Å². The summed E-state index contributed by atoms with van der Waals surface area (Å²) >= 11 is 0. The van der Waals surface area contributed by atoms with Crippen molar-refractivity contribution >= 4 is 17.6 Å². The molecule has 1 heterocycles. The van der Waals surface area contributed by atoms with Crippen LogP contribution in [-0.2, 0) is 11.2 Å². The number of carbonyl (C=O) groups is 1. The lowest BCUT2D eigenvalue weighted by atomic mass is 10.1. The van der Waals surface area contributed by atoms with Gasteiger partial charge in [-0.1, -0.05) is 31.2 Å². The number of hydrogen-bond donors (Lipinski definition) is 2. The van der Waals surface area contributed by atoms with Gasteiger partial charge in [0.25, 0.3) is 5.91 Å². The minimum atomic E-state index is -0.208. The molecule has 0 saturated carbocycles. The topological polar surface area (TPSA) is 71.9 Å². The molecule has 0 aromatic heterocycles. The van der Waals surface area contributed by atoms with Crippen molar-refractivity contribution in [3.05, 3.63) is 59.7 Å². The molecule has 1 amide bonds. The van der Waals surface area contributed by atoms with E-state index in [0.29, 0.717) is 30.4 Å². The van der Waals surface area contributed by atoms with E-state index in [1.807, 2.05) is 55.5 Å². The first-order valence-electron chi connectivity index (χ1n) is 10.2. The van der Waals surface area contributed by atoms with Crippen molar-refractivity contribution in [1.29, 1.82) is 0 Å². The van der Waals surface area contributed by atoms with Crippen LogP contribution in [0.5, 0.6) is 5.75 Å². The molecule has 1 atom stereocenters. The molecular formula is C23H29N3O3. The molecule has 1 aliphatic heterocycles. The van der Waals surface area contributed by atoms with Gasteiger partial charge in [-0.2, -0.15) is 0 Å². The number of guanidine groups is 1. The van der Waals surface area contributed by atoms with Gasteiger partial charge in [-0.05, 0) is 56.0 Å². The predicted molar refractivity (Wildman–Crippen MR) is 116 cm³/mol. The van der Waals surface area contributed by atoms with E-state index in [9.17, 15) is 4.79 Å². The van der Waals surface area contributed by atoms with E-state index < -0.39 is 0 Å². The van der Waals surface area contributed by atoms with E-state index in [0.717, 1.165) is 31.6 Å². The van der Waals surface area contributed by atoms with E-state index in [2.05, 4.69) is 22.5 Å². The van der Waals surface area contributed by atoms with Gasteiger partial charge in [-0.3, -0.25) is 10.1 Å². The molecule has 1 fully saturated rings. The summed E-state index contributed by atoms with van der Waals surface area (Å²) in [6.45, 7) is 5.84. The maximum absolute atomic E-state index is 12.8. The monoisotopic (exact) mass is 395 g/mol. The molecule has 2 N–H and O–H groups in total. The zero-order valence-electron chi connectivity index (χ0n) is 17.1. The maximum Gasteiger partial charge on any atom is 0.257 e. The van der Waals surface area contributed by atoms with Crippen molar-refractivity contribution in [3.63, 3.8) is 0 Å². The lowest BCUT2D eigenvalue weighted by Gasteiger charge is -2.16. The van der Waals surface area contributed by atoms with Crippen LogP contribution in [0.25, 0.3) is 0 Å². The lowest BCUT2D eigenvalue weighted by Crippen LogP contribution is -2.37. The molecule has 0 radical (unpaired) electrons. The van der Waals surface area contributed by atoms with E-state index >= 15 is 0 Å². The number of hydrogen-bond acceptors (Lipinski definition) is 4. The van der Waals surface area contributed by atoms with Gasteiger partial charge in [0.15, 0.2) is 0 Å². The summed E-state index contributed by atoms with van der Waals surface area (Å²) < 4.78 is 11.3. The van der Waals surface area contributed by atoms with E-state index in [1.54, 1.807) is 0 Å². The summed E-state index contributed by atoms with van der Waals surface area (Å²) in [7, 11) is 0. The highest BCUT2D eigenvalue weighted by Gasteiger charge is 2.16. The first-order valence-corrected chi connectivity index (χ1v) is 10.2. The van der Waals surface area contributed by atoms with Gasteiger partial charge in [0.05, 0.1) is 24.9 Å². The molecule has 2 aromatic carbocycles. The van der Waals surface area contributed by atoms with Gasteiger partial charge < -0.3 is 14.8 Å². The standard InChI is InChI=1S/C23H29N3O3/c1-3-17-11-13-18(14-12-17)22(27)26-23(24-16-19-8-7-15-29-19)25-20-9-5-6-10-21(20)28-4-2/h5-6,9-14,19H,3-4,7-8,15-16H2,1-2H3,(H2,24,25,26,27)/t19-/m0/s1. The molecule has 0 aliphatic carbocycles. The largest absolute Gasteiger partial charge is 0.492 e. The van der Waals surface area contributed by atoms with Crippen LogP contribution in [0.4, 0.5) is 5.69 Å². The Kier molecular flexibility index (Phi) is 7.64. The Morgan fingerprint density at radius 3 is 2.66 bits per heavy atom. The van der Waals surface area contributed by atoms with Crippen LogP contribution in [0.1, 0.15) is 42.6 Å². The van der Waals surface area contributed by atoms with Crippen molar-refractivity contribution in [1.82, 2.24) is 5.32 Å². The summed E-state index contributed by atoms with van der Waals surface area (Å²) in [5, 5.41) is 6.12. The number of aliphatic imine (C=N–C) groups is 1. The third-order valence-corrected chi connectivity index (χ3v) is 4.77. The summed E-state index contributed by atoms with van der Waals surface area (Å²) in [5.41, 5.74) is 2.53. The fraction of sp³-hybridized carbons (Fsp3) is 0.391. The zero-order chi connectivity index (χ0) is 20.5. The number of anilines is 1.